The van der Waals surface area contributed by atoms with E-state index < -0.39 is 0 Å². The van der Waals surface area contributed by atoms with Gasteiger partial charge in [-0.25, -0.2) is 9.97 Å². The lowest BCUT2D eigenvalue weighted by Gasteiger charge is -2.05. The molecule has 3 aromatic heterocycles. The SMILES string of the molecule is O=c1c2oc3ccccc3c2ncn1CCCn1ccnc1. The second-order valence-corrected chi connectivity index (χ2v) is 5.17. The molecule has 0 fully saturated rings. The van der Waals surface area contributed by atoms with Crippen LogP contribution in [0.2, 0.25) is 0 Å². The molecule has 0 amide bonds. The lowest BCUT2D eigenvalue weighted by atomic mass is 10.2. The van der Waals surface area contributed by atoms with E-state index in [0.717, 1.165) is 18.4 Å². The van der Waals surface area contributed by atoms with Crippen LogP contribution in [0.25, 0.3) is 22.1 Å². The van der Waals surface area contributed by atoms with Crippen molar-refractivity contribution in [2.75, 3.05) is 0 Å². The molecule has 0 radical (unpaired) electrons. The maximum absolute atomic E-state index is 12.5. The van der Waals surface area contributed by atoms with E-state index in [9.17, 15) is 4.79 Å². The van der Waals surface area contributed by atoms with E-state index in [1.807, 2.05) is 35.0 Å². The zero-order valence-electron chi connectivity index (χ0n) is 11.8. The molecular weight excluding hydrogens is 280 g/mol. The quantitative estimate of drug-likeness (QED) is 0.580. The monoisotopic (exact) mass is 294 g/mol. The van der Waals surface area contributed by atoms with Gasteiger partial charge in [0.25, 0.3) is 5.56 Å². The second kappa shape index (κ2) is 5.14. The summed E-state index contributed by atoms with van der Waals surface area (Å²) in [5.41, 5.74) is 1.52. The van der Waals surface area contributed by atoms with Gasteiger partial charge in [0.2, 0.25) is 5.58 Å². The lowest BCUT2D eigenvalue weighted by molar-refractivity contribution is 0.543. The molecule has 0 atom stereocenters. The Hall–Kier alpha value is -2.89. The molecule has 0 saturated heterocycles. The fourth-order valence-corrected chi connectivity index (χ4v) is 2.62. The predicted molar refractivity (Wildman–Crippen MR) is 82.6 cm³/mol. The van der Waals surface area contributed by atoms with Gasteiger partial charge in [0.1, 0.15) is 11.1 Å². The van der Waals surface area contributed by atoms with Crippen LogP contribution in [-0.4, -0.2) is 19.1 Å². The summed E-state index contributed by atoms with van der Waals surface area (Å²) in [4.78, 5) is 20.9. The van der Waals surface area contributed by atoms with E-state index in [2.05, 4.69) is 9.97 Å². The van der Waals surface area contributed by atoms with Crippen LogP contribution in [0, 0.1) is 0 Å². The predicted octanol–water partition coefficient (Wildman–Crippen LogP) is 2.43. The molecule has 6 heteroatoms. The minimum Gasteiger partial charge on any atom is -0.448 e. The van der Waals surface area contributed by atoms with E-state index in [1.54, 1.807) is 23.4 Å². The van der Waals surface area contributed by atoms with Crippen molar-refractivity contribution in [2.24, 2.45) is 0 Å². The molecule has 4 rings (SSSR count). The molecule has 0 spiro atoms. The minimum absolute atomic E-state index is 0.133. The first-order valence-electron chi connectivity index (χ1n) is 7.15. The van der Waals surface area contributed by atoms with Gasteiger partial charge in [0.15, 0.2) is 0 Å². The lowest BCUT2D eigenvalue weighted by Crippen LogP contribution is -2.20. The summed E-state index contributed by atoms with van der Waals surface area (Å²) in [7, 11) is 0. The summed E-state index contributed by atoms with van der Waals surface area (Å²) >= 11 is 0. The van der Waals surface area contributed by atoms with Gasteiger partial charge in [-0.05, 0) is 18.6 Å². The van der Waals surface area contributed by atoms with Crippen molar-refractivity contribution in [3.05, 3.63) is 59.7 Å². The third-order valence-corrected chi connectivity index (χ3v) is 3.73. The van der Waals surface area contributed by atoms with Crippen LogP contribution in [0.5, 0.6) is 0 Å². The van der Waals surface area contributed by atoms with Crippen LogP contribution in [0.15, 0.2) is 58.5 Å². The molecule has 0 bridgehead atoms. The maximum Gasteiger partial charge on any atom is 0.297 e. The number of hydrogen-bond donors (Lipinski definition) is 0. The summed E-state index contributed by atoms with van der Waals surface area (Å²) < 4.78 is 9.25. The molecule has 1 aromatic carbocycles. The Kier molecular flexibility index (Phi) is 3.00. The molecule has 0 unspecified atom stereocenters. The summed E-state index contributed by atoms with van der Waals surface area (Å²) in [6, 6.07) is 7.56. The number of rotatable bonds is 4. The maximum atomic E-state index is 12.5. The summed E-state index contributed by atoms with van der Waals surface area (Å²) in [6.45, 7) is 1.40. The Morgan fingerprint density at radius 2 is 2.05 bits per heavy atom. The fraction of sp³-hybridized carbons (Fsp3) is 0.188. The Bertz CT molecular complexity index is 982. The molecule has 22 heavy (non-hydrogen) atoms. The number of aromatic nitrogens is 4. The Labute approximate surface area is 125 Å². The highest BCUT2D eigenvalue weighted by Crippen LogP contribution is 2.23. The normalized spacial score (nSPS) is 11.5. The van der Waals surface area contributed by atoms with E-state index in [-0.39, 0.29) is 5.56 Å². The van der Waals surface area contributed by atoms with Crippen molar-refractivity contribution in [3.63, 3.8) is 0 Å². The van der Waals surface area contributed by atoms with Gasteiger partial charge in [-0.2, -0.15) is 0 Å². The number of imidazole rings is 1. The van der Waals surface area contributed by atoms with Gasteiger partial charge >= 0.3 is 0 Å². The van der Waals surface area contributed by atoms with Crippen LogP contribution >= 0.6 is 0 Å². The molecule has 0 aliphatic heterocycles. The Morgan fingerprint density at radius 3 is 2.91 bits per heavy atom. The standard InChI is InChI=1S/C16H14N4O2/c21-16-15-14(12-4-1-2-5-13(12)22-15)18-11-20(16)8-3-7-19-9-6-17-10-19/h1-2,4-6,9-11H,3,7-8H2. The molecule has 6 nitrogen and oxygen atoms in total. The zero-order valence-corrected chi connectivity index (χ0v) is 11.8. The molecule has 0 aliphatic rings. The van der Waals surface area contributed by atoms with Gasteiger partial charge < -0.3 is 8.98 Å². The molecule has 110 valence electrons. The van der Waals surface area contributed by atoms with Gasteiger partial charge in [-0.15, -0.1) is 0 Å². The van der Waals surface area contributed by atoms with Crippen LogP contribution in [0.3, 0.4) is 0 Å². The van der Waals surface area contributed by atoms with Gasteiger partial charge in [-0.3, -0.25) is 9.36 Å². The summed E-state index contributed by atoms with van der Waals surface area (Å²) in [6.07, 6.45) is 7.84. The van der Waals surface area contributed by atoms with Crippen LogP contribution in [-0.2, 0) is 13.1 Å². The van der Waals surface area contributed by atoms with E-state index in [4.69, 9.17) is 4.42 Å². The number of hydrogen-bond acceptors (Lipinski definition) is 4. The summed E-state index contributed by atoms with van der Waals surface area (Å²) in [5, 5.41) is 0.875. The first-order chi connectivity index (χ1) is 10.8. The molecule has 3 heterocycles. The highest BCUT2D eigenvalue weighted by atomic mass is 16.3. The van der Waals surface area contributed by atoms with Crippen molar-refractivity contribution >= 4 is 22.1 Å². The number of benzene rings is 1. The molecular formula is C16H14N4O2. The van der Waals surface area contributed by atoms with Gasteiger partial charge in [-0.1, -0.05) is 12.1 Å². The first-order valence-corrected chi connectivity index (χ1v) is 7.15. The second-order valence-electron chi connectivity index (χ2n) is 5.17. The average molecular weight is 294 g/mol. The van der Waals surface area contributed by atoms with Crippen molar-refractivity contribution in [2.45, 2.75) is 19.5 Å². The van der Waals surface area contributed by atoms with Gasteiger partial charge in [0.05, 0.1) is 12.7 Å². The van der Waals surface area contributed by atoms with Crippen LogP contribution < -0.4 is 5.56 Å². The number of aryl methyl sites for hydroxylation is 2. The third kappa shape index (κ3) is 2.09. The molecule has 0 aliphatic carbocycles. The largest absolute Gasteiger partial charge is 0.448 e. The van der Waals surface area contributed by atoms with Crippen molar-refractivity contribution in [1.82, 2.24) is 19.1 Å². The third-order valence-electron chi connectivity index (χ3n) is 3.73. The van der Waals surface area contributed by atoms with Crippen LogP contribution in [0.1, 0.15) is 6.42 Å². The molecule has 4 aromatic rings. The van der Waals surface area contributed by atoms with E-state index in [1.165, 1.54) is 0 Å². The first kappa shape index (κ1) is 12.8. The number of furan rings is 1. The summed E-state index contributed by atoms with van der Waals surface area (Å²) in [5.74, 6) is 0. The highest BCUT2D eigenvalue weighted by molar-refractivity contribution is 6.01. The smallest absolute Gasteiger partial charge is 0.297 e. The molecule has 0 N–H and O–H groups in total. The van der Waals surface area contributed by atoms with Crippen molar-refractivity contribution < 1.29 is 4.42 Å². The van der Waals surface area contributed by atoms with E-state index in [0.29, 0.717) is 23.2 Å². The topological polar surface area (TPSA) is 65.8 Å². The Balaban J connectivity index is 1.66. The van der Waals surface area contributed by atoms with Crippen molar-refractivity contribution in [1.29, 1.82) is 0 Å². The van der Waals surface area contributed by atoms with E-state index >= 15 is 0 Å². The number of para-hydroxylation sites is 1. The Morgan fingerprint density at radius 1 is 1.14 bits per heavy atom. The fourth-order valence-electron chi connectivity index (χ4n) is 2.62. The van der Waals surface area contributed by atoms with Crippen molar-refractivity contribution in [3.8, 4) is 0 Å². The van der Waals surface area contributed by atoms with Gasteiger partial charge in [0, 0.05) is 30.9 Å². The number of nitrogens with zero attached hydrogens (tertiary/aromatic N) is 4. The minimum atomic E-state index is -0.133. The number of fused-ring (bicyclic) bond motifs is 3. The average Bonchev–Trinajstić information content (AvgIpc) is 3.17. The van der Waals surface area contributed by atoms with Crippen LogP contribution in [0.4, 0.5) is 0 Å². The highest BCUT2D eigenvalue weighted by Gasteiger charge is 2.12. The zero-order chi connectivity index (χ0) is 14.9. The molecule has 0 saturated carbocycles.